The first-order chi connectivity index (χ1) is 15.0. The molecule has 0 aliphatic heterocycles. The standard InChI is InChI=1S/C25H27N3O3/c1-17(2)24-21(11-12-28(3)15-18-14-26-30-16-18)22-13-20(9-10-23(22)31-24)27-25(29)19-7-5-4-6-8-19/h4-10,13-14,16-17H,11-12,15H2,1-3H3,(H,27,29). The SMILES string of the molecule is CC(C)c1oc2ccc(NC(=O)c3ccccc3)cc2c1CCN(C)Cc1cnoc1. The molecule has 0 fully saturated rings. The second-order valence-electron chi connectivity index (χ2n) is 8.15. The summed E-state index contributed by atoms with van der Waals surface area (Å²) in [7, 11) is 2.08. The highest BCUT2D eigenvalue weighted by molar-refractivity contribution is 6.05. The molecule has 2 heterocycles. The Labute approximate surface area is 181 Å². The Bertz CT molecular complexity index is 1150. The maximum Gasteiger partial charge on any atom is 0.255 e. The van der Waals surface area contributed by atoms with Crippen molar-refractivity contribution in [3.05, 3.63) is 83.4 Å². The molecule has 2 aromatic carbocycles. The van der Waals surface area contributed by atoms with Crippen LogP contribution in [0.15, 0.2) is 69.9 Å². The van der Waals surface area contributed by atoms with Gasteiger partial charge in [0.2, 0.25) is 0 Å². The molecule has 0 atom stereocenters. The summed E-state index contributed by atoms with van der Waals surface area (Å²) in [5.74, 6) is 1.15. The quantitative estimate of drug-likeness (QED) is 0.411. The van der Waals surface area contributed by atoms with Crippen LogP contribution in [-0.4, -0.2) is 29.6 Å². The average molecular weight is 418 g/mol. The lowest BCUT2D eigenvalue weighted by atomic mass is 10.0. The summed E-state index contributed by atoms with van der Waals surface area (Å²) in [4.78, 5) is 14.8. The zero-order chi connectivity index (χ0) is 21.8. The Kier molecular flexibility index (Phi) is 6.18. The predicted molar refractivity (Wildman–Crippen MR) is 121 cm³/mol. The van der Waals surface area contributed by atoms with E-state index in [1.54, 1.807) is 24.6 Å². The maximum absolute atomic E-state index is 12.6. The number of nitrogens with one attached hydrogen (secondary N) is 1. The van der Waals surface area contributed by atoms with Crippen LogP contribution < -0.4 is 5.32 Å². The lowest BCUT2D eigenvalue weighted by Gasteiger charge is -2.16. The van der Waals surface area contributed by atoms with Gasteiger partial charge in [-0.1, -0.05) is 37.2 Å². The van der Waals surface area contributed by atoms with Gasteiger partial charge in [0.15, 0.2) is 0 Å². The number of anilines is 1. The molecule has 0 aliphatic rings. The zero-order valence-electron chi connectivity index (χ0n) is 18.1. The van der Waals surface area contributed by atoms with Gasteiger partial charge in [-0.25, -0.2) is 0 Å². The van der Waals surface area contributed by atoms with E-state index in [4.69, 9.17) is 8.94 Å². The van der Waals surface area contributed by atoms with Crippen molar-refractivity contribution in [2.45, 2.75) is 32.7 Å². The van der Waals surface area contributed by atoms with E-state index in [2.05, 4.69) is 36.3 Å². The molecular formula is C25H27N3O3. The molecule has 1 amide bonds. The van der Waals surface area contributed by atoms with Gasteiger partial charge in [0, 0.05) is 46.8 Å². The Morgan fingerprint density at radius 3 is 2.68 bits per heavy atom. The lowest BCUT2D eigenvalue weighted by molar-refractivity contribution is 0.102. The van der Waals surface area contributed by atoms with Crippen LogP contribution in [0, 0.1) is 0 Å². The molecule has 31 heavy (non-hydrogen) atoms. The highest BCUT2D eigenvalue weighted by Gasteiger charge is 2.18. The van der Waals surface area contributed by atoms with Crippen molar-refractivity contribution in [1.82, 2.24) is 10.1 Å². The van der Waals surface area contributed by atoms with Gasteiger partial charge in [-0.2, -0.15) is 0 Å². The van der Waals surface area contributed by atoms with E-state index < -0.39 is 0 Å². The zero-order valence-corrected chi connectivity index (χ0v) is 18.1. The monoisotopic (exact) mass is 417 g/mol. The van der Waals surface area contributed by atoms with E-state index in [9.17, 15) is 4.79 Å². The molecule has 6 nitrogen and oxygen atoms in total. The van der Waals surface area contributed by atoms with Crippen molar-refractivity contribution in [3.63, 3.8) is 0 Å². The van der Waals surface area contributed by atoms with Gasteiger partial charge in [0.05, 0.1) is 6.20 Å². The lowest BCUT2D eigenvalue weighted by Crippen LogP contribution is -2.20. The molecule has 0 aliphatic carbocycles. The number of hydrogen-bond acceptors (Lipinski definition) is 5. The van der Waals surface area contributed by atoms with Gasteiger partial charge >= 0.3 is 0 Å². The number of aromatic nitrogens is 1. The molecule has 4 rings (SSSR count). The highest BCUT2D eigenvalue weighted by atomic mass is 16.5. The van der Waals surface area contributed by atoms with E-state index in [-0.39, 0.29) is 11.8 Å². The number of likely N-dealkylation sites (N-methyl/N-ethyl adjacent to an activating group) is 1. The van der Waals surface area contributed by atoms with Crippen LogP contribution in [-0.2, 0) is 13.0 Å². The smallest absolute Gasteiger partial charge is 0.255 e. The van der Waals surface area contributed by atoms with Crippen molar-refractivity contribution in [3.8, 4) is 0 Å². The second kappa shape index (κ2) is 9.18. The number of amides is 1. The minimum atomic E-state index is -0.123. The molecule has 0 bridgehead atoms. The molecule has 0 unspecified atom stereocenters. The van der Waals surface area contributed by atoms with Crippen LogP contribution in [0.2, 0.25) is 0 Å². The first-order valence-electron chi connectivity index (χ1n) is 10.5. The minimum Gasteiger partial charge on any atom is -0.461 e. The van der Waals surface area contributed by atoms with Crippen LogP contribution >= 0.6 is 0 Å². The molecule has 2 aromatic heterocycles. The molecule has 0 radical (unpaired) electrons. The molecule has 160 valence electrons. The van der Waals surface area contributed by atoms with Crippen molar-refractivity contribution < 1.29 is 13.7 Å². The summed E-state index contributed by atoms with van der Waals surface area (Å²) in [5, 5.41) is 7.82. The third-order valence-corrected chi connectivity index (χ3v) is 5.32. The van der Waals surface area contributed by atoms with Crippen LogP contribution in [0.3, 0.4) is 0 Å². The van der Waals surface area contributed by atoms with Crippen LogP contribution in [0.5, 0.6) is 0 Å². The number of carbonyl (C=O) groups is 1. The summed E-state index contributed by atoms with van der Waals surface area (Å²) in [6.07, 6.45) is 4.26. The Morgan fingerprint density at radius 1 is 1.16 bits per heavy atom. The predicted octanol–water partition coefficient (Wildman–Crippen LogP) is 5.47. The van der Waals surface area contributed by atoms with Crippen molar-refractivity contribution in [2.75, 3.05) is 18.9 Å². The van der Waals surface area contributed by atoms with Gasteiger partial charge in [-0.05, 0) is 43.8 Å². The molecule has 1 N–H and O–H groups in total. The fourth-order valence-corrected chi connectivity index (χ4v) is 3.76. The van der Waals surface area contributed by atoms with Gasteiger partial charge in [-0.15, -0.1) is 0 Å². The van der Waals surface area contributed by atoms with E-state index >= 15 is 0 Å². The number of carbonyl (C=O) groups excluding carboxylic acids is 1. The number of furan rings is 1. The summed E-state index contributed by atoms with van der Waals surface area (Å²) in [6, 6.07) is 15.1. The van der Waals surface area contributed by atoms with Crippen LogP contribution in [0.4, 0.5) is 5.69 Å². The molecule has 0 spiro atoms. The van der Waals surface area contributed by atoms with Gasteiger partial charge in [0.1, 0.15) is 17.6 Å². The Hall–Kier alpha value is -3.38. The van der Waals surface area contributed by atoms with E-state index in [1.165, 1.54) is 5.56 Å². The van der Waals surface area contributed by atoms with Gasteiger partial charge < -0.3 is 19.2 Å². The number of fused-ring (bicyclic) bond motifs is 1. The Morgan fingerprint density at radius 2 is 1.97 bits per heavy atom. The number of rotatable bonds is 8. The van der Waals surface area contributed by atoms with Crippen molar-refractivity contribution in [2.24, 2.45) is 0 Å². The second-order valence-corrected chi connectivity index (χ2v) is 8.15. The summed E-state index contributed by atoms with van der Waals surface area (Å²) < 4.78 is 11.1. The number of benzene rings is 2. The number of nitrogens with zero attached hydrogens (tertiary/aromatic N) is 2. The summed E-state index contributed by atoms with van der Waals surface area (Å²) in [6.45, 7) is 5.91. The average Bonchev–Trinajstić information content (AvgIpc) is 3.40. The maximum atomic E-state index is 12.6. The summed E-state index contributed by atoms with van der Waals surface area (Å²) >= 11 is 0. The third kappa shape index (κ3) is 4.86. The molecule has 6 heteroatoms. The van der Waals surface area contributed by atoms with E-state index in [1.807, 2.05) is 36.4 Å². The van der Waals surface area contributed by atoms with Gasteiger partial charge in [0.25, 0.3) is 5.91 Å². The normalized spacial score (nSPS) is 11.5. The fourth-order valence-electron chi connectivity index (χ4n) is 3.76. The largest absolute Gasteiger partial charge is 0.461 e. The van der Waals surface area contributed by atoms with Crippen LogP contribution in [0.25, 0.3) is 11.0 Å². The molecule has 0 saturated carbocycles. The first kappa shape index (κ1) is 20.9. The minimum absolute atomic E-state index is 0.123. The Balaban J connectivity index is 1.56. The fraction of sp³-hybridized carbons (Fsp3) is 0.280. The molecular weight excluding hydrogens is 390 g/mol. The van der Waals surface area contributed by atoms with Gasteiger partial charge in [-0.3, -0.25) is 4.79 Å². The van der Waals surface area contributed by atoms with E-state index in [0.29, 0.717) is 5.56 Å². The first-order valence-corrected chi connectivity index (χ1v) is 10.5. The van der Waals surface area contributed by atoms with E-state index in [0.717, 1.165) is 47.5 Å². The molecule has 4 aromatic rings. The third-order valence-electron chi connectivity index (χ3n) is 5.32. The van der Waals surface area contributed by atoms with Crippen molar-refractivity contribution in [1.29, 1.82) is 0 Å². The topological polar surface area (TPSA) is 71.5 Å². The highest BCUT2D eigenvalue weighted by Crippen LogP contribution is 2.33. The van der Waals surface area contributed by atoms with Crippen LogP contribution in [0.1, 0.15) is 47.0 Å². The number of hydrogen-bond donors (Lipinski definition) is 1. The summed E-state index contributed by atoms with van der Waals surface area (Å²) in [5.41, 5.74) is 4.48. The molecule has 0 saturated heterocycles. The van der Waals surface area contributed by atoms with Crippen molar-refractivity contribution >= 4 is 22.6 Å².